The molecule has 0 aliphatic heterocycles. The minimum Gasteiger partial charge on any atom is -0.335 e. The van der Waals surface area contributed by atoms with Crippen molar-refractivity contribution in [1.29, 1.82) is 0 Å². The largest absolute Gasteiger partial charge is 0.335 e. The molecule has 1 aliphatic rings. The van der Waals surface area contributed by atoms with Crippen molar-refractivity contribution in [3.8, 4) is 5.69 Å². The first-order chi connectivity index (χ1) is 12.5. The lowest BCUT2D eigenvalue weighted by Gasteiger charge is -2.15. The van der Waals surface area contributed by atoms with Gasteiger partial charge in [0.1, 0.15) is 11.5 Å². The lowest BCUT2D eigenvalue weighted by atomic mass is 10.2. The molecule has 0 fully saturated rings. The number of hydrogen-bond donors (Lipinski definition) is 0. The Balaban J connectivity index is 1.68. The lowest BCUT2D eigenvalue weighted by molar-refractivity contribution is 0.0779. The second kappa shape index (κ2) is 6.96. The van der Waals surface area contributed by atoms with E-state index in [2.05, 4.69) is 21.0 Å². The summed E-state index contributed by atoms with van der Waals surface area (Å²) in [6.07, 6.45) is 2.58. The molecule has 3 aromatic rings. The van der Waals surface area contributed by atoms with Gasteiger partial charge in [-0.3, -0.25) is 4.79 Å². The van der Waals surface area contributed by atoms with Gasteiger partial charge < -0.3 is 4.90 Å². The van der Waals surface area contributed by atoms with Gasteiger partial charge in [-0.1, -0.05) is 12.1 Å². The number of thiophene rings is 1. The van der Waals surface area contributed by atoms with Gasteiger partial charge in [0.25, 0.3) is 5.91 Å². The smallest absolute Gasteiger partial charge is 0.274 e. The van der Waals surface area contributed by atoms with Gasteiger partial charge in [0, 0.05) is 33.0 Å². The van der Waals surface area contributed by atoms with Crippen LogP contribution >= 0.6 is 27.3 Å². The Morgan fingerprint density at radius 3 is 2.92 bits per heavy atom. The first-order valence-electron chi connectivity index (χ1n) is 8.38. The molecule has 0 unspecified atom stereocenters. The molecule has 134 valence electrons. The quantitative estimate of drug-likeness (QED) is 0.602. The number of para-hydroxylation sites is 1. The average molecular weight is 434 g/mol. The Morgan fingerprint density at radius 1 is 1.38 bits per heavy atom. The number of fused-ring (bicyclic) bond motifs is 1. The van der Waals surface area contributed by atoms with Crippen LogP contribution in [0.25, 0.3) is 5.69 Å². The van der Waals surface area contributed by atoms with E-state index < -0.39 is 0 Å². The van der Waals surface area contributed by atoms with Crippen LogP contribution < -0.4 is 0 Å². The SMILES string of the molecule is CN(Cc1cc(Br)cs1)C(=O)c1nn(-c2ccccc2F)c2c1CCC2. The van der Waals surface area contributed by atoms with E-state index in [0.29, 0.717) is 17.9 Å². The number of rotatable bonds is 4. The molecule has 0 saturated heterocycles. The number of amides is 1. The topological polar surface area (TPSA) is 38.1 Å². The van der Waals surface area contributed by atoms with E-state index in [4.69, 9.17) is 0 Å². The molecule has 26 heavy (non-hydrogen) atoms. The minimum absolute atomic E-state index is 0.122. The second-order valence-electron chi connectivity index (χ2n) is 6.38. The Bertz CT molecular complexity index is 981. The molecule has 1 aromatic carbocycles. The molecule has 0 radical (unpaired) electrons. The van der Waals surface area contributed by atoms with E-state index in [9.17, 15) is 9.18 Å². The minimum atomic E-state index is -0.333. The summed E-state index contributed by atoms with van der Waals surface area (Å²) in [5.41, 5.74) is 2.75. The third kappa shape index (κ3) is 3.10. The molecule has 2 heterocycles. The van der Waals surface area contributed by atoms with Crippen LogP contribution in [0.5, 0.6) is 0 Å². The first kappa shape index (κ1) is 17.4. The third-order valence-corrected chi connectivity index (χ3v) is 6.26. The Kier molecular flexibility index (Phi) is 4.67. The van der Waals surface area contributed by atoms with Crippen LogP contribution in [-0.4, -0.2) is 27.6 Å². The molecular weight excluding hydrogens is 417 g/mol. The molecule has 1 amide bonds. The summed E-state index contributed by atoms with van der Waals surface area (Å²) in [5, 5.41) is 6.51. The Labute approximate surface area is 163 Å². The van der Waals surface area contributed by atoms with E-state index in [1.54, 1.807) is 46.2 Å². The highest BCUT2D eigenvalue weighted by Crippen LogP contribution is 2.30. The number of halogens is 2. The molecule has 0 atom stereocenters. The van der Waals surface area contributed by atoms with Crippen LogP contribution in [0.15, 0.2) is 40.2 Å². The summed E-state index contributed by atoms with van der Waals surface area (Å²) < 4.78 is 16.9. The van der Waals surface area contributed by atoms with Gasteiger partial charge in [0.05, 0.1) is 6.54 Å². The number of carbonyl (C=O) groups excluding carboxylic acids is 1. The van der Waals surface area contributed by atoms with Crippen molar-refractivity contribution in [3.63, 3.8) is 0 Å². The first-order valence-corrected chi connectivity index (χ1v) is 10.1. The van der Waals surface area contributed by atoms with E-state index >= 15 is 0 Å². The van der Waals surface area contributed by atoms with E-state index in [0.717, 1.165) is 39.9 Å². The summed E-state index contributed by atoms with van der Waals surface area (Å²) in [7, 11) is 1.78. The van der Waals surface area contributed by atoms with Crippen LogP contribution in [0.2, 0.25) is 0 Å². The van der Waals surface area contributed by atoms with Crippen LogP contribution in [0.4, 0.5) is 4.39 Å². The van der Waals surface area contributed by atoms with E-state index in [1.807, 2.05) is 11.4 Å². The monoisotopic (exact) mass is 433 g/mol. The second-order valence-corrected chi connectivity index (χ2v) is 8.29. The van der Waals surface area contributed by atoms with Crippen molar-refractivity contribution in [2.75, 3.05) is 7.05 Å². The molecule has 4 nitrogen and oxygen atoms in total. The molecule has 0 N–H and O–H groups in total. The van der Waals surface area contributed by atoms with Crippen molar-refractivity contribution >= 4 is 33.2 Å². The zero-order valence-electron chi connectivity index (χ0n) is 14.2. The third-order valence-electron chi connectivity index (χ3n) is 4.57. The molecular formula is C19H17BrFN3OS. The van der Waals surface area contributed by atoms with E-state index in [1.165, 1.54) is 6.07 Å². The average Bonchev–Trinajstić information content (AvgIpc) is 3.32. The predicted molar refractivity (Wildman–Crippen MR) is 103 cm³/mol. The van der Waals surface area contributed by atoms with Gasteiger partial charge in [-0.05, 0) is 53.4 Å². The van der Waals surface area contributed by atoms with Gasteiger partial charge in [0.15, 0.2) is 5.69 Å². The zero-order chi connectivity index (χ0) is 18.3. The summed E-state index contributed by atoms with van der Waals surface area (Å²) in [4.78, 5) is 15.8. The van der Waals surface area contributed by atoms with Crippen LogP contribution in [-0.2, 0) is 19.4 Å². The Hall–Kier alpha value is -1.99. The van der Waals surface area contributed by atoms with E-state index in [-0.39, 0.29) is 11.7 Å². The molecule has 0 bridgehead atoms. The predicted octanol–water partition coefficient (Wildman–Crippen LogP) is 4.60. The lowest BCUT2D eigenvalue weighted by Crippen LogP contribution is -2.27. The molecule has 2 aromatic heterocycles. The van der Waals surface area contributed by atoms with Crippen LogP contribution in [0.1, 0.15) is 33.0 Å². The fourth-order valence-corrected chi connectivity index (χ4v) is 4.86. The fourth-order valence-electron chi connectivity index (χ4n) is 3.35. The van der Waals surface area contributed by atoms with Crippen molar-refractivity contribution in [2.24, 2.45) is 0 Å². The number of benzene rings is 1. The highest BCUT2D eigenvalue weighted by Gasteiger charge is 2.29. The molecule has 0 spiro atoms. The van der Waals surface area contributed by atoms with Crippen LogP contribution in [0, 0.1) is 5.82 Å². The van der Waals surface area contributed by atoms with Gasteiger partial charge in [0.2, 0.25) is 0 Å². The Morgan fingerprint density at radius 2 is 2.19 bits per heavy atom. The molecule has 7 heteroatoms. The van der Waals surface area contributed by atoms with Gasteiger partial charge >= 0.3 is 0 Å². The van der Waals surface area contributed by atoms with Crippen molar-refractivity contribution in [2.45, 2.75) is 25.8 Å². The summed E-state index contributed by atoms with van der Waals surface area (Å²) in [6, 6.07) is 8.56. The van der Waals surface area contributed by atoms with Crippen molar-refractivity contribution < 1.29 is 9.18 Å². The normalized spacial score (nSPS) is 13.0. The molecule has 1 aliphatic carbocycles. The highest BCUT2D eigenvalue weighted by atomic mass is 79.9. The van der Waals surface area contributed by atoms with Crippen LogP contribution in [0.3, 0.4) is 0 Å². The number of carbonyl (C=O) groups is 1. The zero-order valence-corrected chi connectivity index (χ0v) is 16.6. The molecule has 4 rings (SSSR count). The van der Waals surface area contributed by atoms with Gasteiger partial charge in [-0.25, -0.2) is 9.07 Å². The molecule has 0 saturated carbocycles. The van der Waals surface area contributed by atoms with Gasteiger partial charge in [-0.2, -0.15) is 5.10 Å². The summed E-state index contributed by atoms with van der Waals surface area (Å²) >= 11 is 5.04. The number of nitrogens with zero attached hydrogens (tertiary/aromatic N) is 3. The maximum Gasteiger partial charge on any atom is 0.274 e. The summed E-state index contributed by atoms with van der Waals surface area (Å²) in [5.74, 6) is -0.455. The number of hydrogen-bond acceptors (Lipinski definition) is 3. The van der Waals surface area contributed by atoms with Gasteiger partial charge in [-0.15, -0.1) is 11.3 Å². The number of aromatic nitrogens is 2. The van der Waals surface area contributed by atoms with Crippen molar-refractivity contribution in [3.05, 3.63) is 67.8 Å². The standard InChI is InChI=1S/C19H17BrFN3OS/c1-23(10-13-9-12(20)11-26-13)19(25)18-14-5-4-8-16(14)24(22-18)17-7-3-2-6-15(17)21/h2-3,6-7,9,11H,4-5,8,10H2,1H3. The highest BCUT2D eigenvalue weighted by molar-refractivity contribution is 9.10. The maximum absolute atomic E-state index is 14.2. The van der Waals surface area contributed by atoms with Crippen molar-refractivity contribution in [1.82, 2.24) is 14.7 Å². The maximum atomic E-state index is 14.2. The summed E-state index contributed by atoms with van der Waals surface area (Å²) in [6.45, 7) is 0.524. The fraction of sp³-hybridized carbons (Fsp3) is 0.263.